The second-order valence-electron chi connectivity index (χ2n) is 5.25. The van der Waals surface area contributed by atoms with E-state index in [9.17, 15) is 4.79 Å². The number of halogens is 2. The second-order valence-corrected chi connectivity index (χ2v) is 6.25. The van der Waals surface area contributed by atoms with Crippen molar-refractivity contribution in [2.24, 2.45) is 0 Å². The number of benzene rings is 2. The molecule has 114 valence electrons. The third kappa shape index (κ3) is 3.45. The molecule has 22 heavy (non-hydrogen) atoms. The van der Waals surface area contributed by atoms with Gasteiger partial charge >= 0.3 is 6.09 Å². The summed E-state index contributed by atoms with van der Waals surface area (Å²) in [6, 6.07) is 15.6. The lowest BCUT2D eigenvalue weighted by atomic mass is 10.1. The number of hydrogen-bond acceptors (Lipinski definition) is 2. The Bertz CT molecular complexity index is 657. The molecule has 0 aromatic heterocycles. The molecule has 1 atom stereocenters. The van der Waals surface area contributed by atoms with Gasteiger partial charge in [0, 0.05) is 16.9 Å². The highest BCUT2D eigenvalue weighted by Crippen LogP contribution is 2.28. The average molecular weight is 381 g/mol. The van der Waals surface area contributed by atoms with Crippen LogP contribution in [0.2, 0.25) is 5.02 Å². The van der Waals surface area contributed by atoms with Gasteiger partial charge in [-0.3, -0.25) is 4.90 Å². The van der Waals surface area contributed by atoms with Crippen LogP contribution in [0.25, 0.3) is 0 Å². The fraction of sp³-hybridized carbons (Fsp3) is 0.235. The Morgan fingerprint density at radius 3 is 2.36 bits per heavy atom. The van der Waals surface area contributed by atoms with Crippen molar-refractivity contribution >= 4 is 33.6 Å². The molecular weight excluding hydrogens is 366 g/mol. The molecule has 3 nitrogen and oxygen atoms in total. The molecule has 3 rings (SSSR count). The summed E-state index contributed by atoms with van der Waals surface area (Å²) in [4.78, 5) is 13.7. The Morgan fingerprint density at radius 1 is 1.09 bits per heavy atom. The second kappa shape index (κ2) is 6.71. The molecule has 0 saturated carbocycles. The Morgan fingerprint density at radius 2 is 1.73 bits per heavy atom. The van der Waals surface area contributed by atoms with Crippen LogP contribution in [0.15, 0.2) is 48.5 Å². The number of rotatable bonds is 4. The highest BCUT2D eigenvalue weighted by molar-refractivity contribution is 9.08. The maximum atomic E-state index is 12.0. The van der Waals surface area contributed by atoms with Crippen LogP contribution in [0.1, 0.15) is 22.8 Å². The van der Waals surface area contributed by atoms with Crippen molar-refractivity contribution in [1.82, 2.24) is 4.90 Å². The fourth-order valence-corrected chi connectivity index (χ4v) is 2.94. The van der Waals surface area contributed by atoms with Crippen molar-refractivity contribution in [3.63, 3.8) is 0 Å². The van der Waals surface area contributed by atoms with Gasteiger partial charge in [0.2, 0.25) is 0 Å². The number of cyclic esters (lactones) is 1. The van der Waals surface area contributed by atoms with E-state index in [0.29, 0.717) is 18.1 Å². The predicted octanol–water partition coefficient (Wildman–Crippen LogP) is 4.93. The number of carbonyl (C=O) groups excluding carboxylic acids is 1. The van der Waals surface area contributed by atoms with Crippen LogP contribution in [0.3, 0.4) is 0 Å². The van der Waals surface area contributed by atoms with Crippen LogP contribution in [0, 0.1) is 0 Å². The summed E-state index contributed by atoms with van der Waals surface area (Å²) in [6.07, 6.45) is -0.504. The first-order valence-corrected chi connectivity index (χ1v) is 8.50. The van der Waals surface area contributed by atoms with Crippen LogP contribution in [-0.2, 0) is 16.6 Å². The van der Waals surface area contributed by atoms with Crippen molar-refractivity contribution < 1.29 is 9.53 Å². The molecule has 5 heteroatoms. The van der Waals surface area contributed by atoms with Gasteiger partial charge in [0.25, 0.3) is 0 Å². The molecule has 2 aromatic rings. The molecule has 1 amide bonds. The summed E-state index contributed by atoms with van der Waals surface area (Å²) in [5, 5.41) is 1.51. The number of carbonyl (C=O) groups is 1. The molecule has 1 aliphatic rings. The van der Waals surface area contributed by atoms with Crippen LogP contribution in [0.5, 0.6) is 0 Å². The highest BCUT2D eigenvalue weighted by atomic mass is 79.9. The van der Waals surface area contributed by atoms with Gasteiger partial charge < -0.3 is 4.74 Å². The summed E-state index contributed by atoms with van der Waals surface area (Å²) in [5.41, 5.74) is 3.28. The first-order chi connectivity index (χ1) is 10.7. The molecule has 0 radical (unpaired) electrons. The minimum absolute atomic E-state index is 0.230. The number of alkyl halides is 1. The predicted molar refractivity (Wildman–Crippen MR) is 90.2 cm³/mol. The zero-order valence-corrected chi connectivity index (χ0v) is 14.2. The highest BCUT2D eigenvalue weighted by Gasteiger charge is 2.32. The lowest BCUT2D eigenvalue weighted by Gasteiger charge is -2.13. The minimum atomic E-state index is -0.274. The van der Waals surface area contributed by atoms with E-state index in [-0.39, 0.29) is 12.2 Å². The Hall–Kier alpha value is -1.52. The van der Waals surface area contributed by atoms with Gasteiger partial charge in [-0.2, -0.15) is 0 Å². The summed E-state index contributed by atoms with van der Waals surface area (Å²) in [5.74, 6) is 0. The van der Waals surface area contributed by atoms with E-state index in [1.807, 2.05) is 36.4 Å². The molecule has 1 heterocycles. The van der Waals surface area contributed by atoms with Crippen molar-refractivity contribution in [2.75, 3.05) is 6.54 Å². The molecule has 0 spiro atoms. The largest absolute Gasteiger partial charge is 0.439 e. The van der Waals surface area contributed by atoms with Crippen molar-refractivity contribution in [3.05, 3.63) is 70.2 Å². The van der Waals surface area contributed by atoms with Crippen LogP contribution in [0.4, 0.5) is 4.79 Å². The molecule has 0 unspecified atom stereocenters. The van der Waals surface area contributed by atoms with E-state index in [1.165, 1.54) is 5.56 Å². The van der Waals surface area contributed by atoms with Gasteiger partial charge in [0.05, 0.1) is 6.54 Å². The topological polar surface area (TPSA) is 29.5 Å². The minimum Gasteiger partial charge on any atom is -0.439 e. The van der Waals surface area contributed by atoms with E-state index < -0.39 is 0 Å². The standard InChI is InChI=1S/C17H15BrClNO2/c18-9-12-1-3-13(4-2-12)10-20-11-16(22-17(20)21)14-5-7-15(19)8-6-14/h1-8,16H,9-11H2/t16-/m0/s1. The van der Waals surface area contributed by atoms with Gasteiger partial charge in [0.1, 0.15) is 6.10 Å². The average Bonchev–Trinajstić information content (AvgIpc) is 2.90. The van der Waals surface area contributed by atoms with Crippen molar-refractivity contribution in [2.45, 2.75) is 18.0 Å². The van der Waals surface area contributed by atoms with E-state index >= 15 is 0 Å². The summed E-state index contributed by atoms with van der Waals surface area (Å²) >= 11 is 9.31. The van der Waals surface area contributed by atoms with Gasteiger partial charge in [-0.1, -0.05) is 63.9 Å². The quantitative estimate of drug-likeness (QED) is 0.704. The SMILES string of the molecule is O=C1O[C@H](c2ccc(Cl)cc2)CN1Cc1ccc(CBr)cc1. The Balaban J connectivity index is 1.67. The van der Waals surface area contributed by atoms with Crippen LogP contribution >= 0.6 is 27.5 Å². The van der Waals surface area contributed by atoms with Crippen LogP contribution in [-0.4, -0.2) is 17.5 Å². The van der Waals surface area contributed by atoms with Gasteiger partial charge in [-0.15, -0.1) is 0 Å². The molecule has 0 bridgehead atoms. The third-order valence-electron chi connectivity index (χ3n) is 3.68. The number of nitrogens with zero attached hydrogens (tertiary/aromatic N) is 1. The summed E-state index contributed by atoms with van der Waals surface area (Å²) < 4.78 is 5.45. The van der Waals surface area contributed by atoms with Gasteiger partial charge in [-0.05, 0) is 28.8 Å². The van der Waals surface area contributed by atoms with E-state index in [1.54, 1.807) is 4.90 Å². The number of ether oxygens (including phenoxy) is 1. The van der Waals surface area contributed by atoms with Crippen molar-refractivity contribution in [1.29, 1.82) is 0 Å². The molecular formula is C17H15BrClNO2. The molecule has 0 aliphatic carbocycles. The lowest BCUT2D eigenvalue weighted by Crippen LogP contribution is -2.23. The first-order valence-electron chi connectivity index (χ1n) is 7.00. The molecule has 1 saturated heterocycles. The summed E-state index contributed by atoms with van der Waals surface area (Å²) in [6.45, 7) is 1.12. The Labute approximate surface area is 143 Å². The zero-order valence-electron chi connectivity index (χ0n) is 11.8. The maximum Gasteiger partial charge on any atom is 0.410 e. The van der Waals surface area contributed by atoms with Crippen LogP contribution < -0.4 is 0 Å². The fourth-order valence-electron chi connectivity index (χ4n) is 2.44. The van der Waals surface area contributed by atoms with E-state index in [4.69, 9.17) is 16.3 Å². The van der Waals surface area contributed by atoms with E-state index in [0.717, 1.165) is 16.5 Å². The molecule has 1 fully saturated rings. The van der Waals surface area contributed by atoms with Gasteiger partial charge in [0.15, 0.2) is 0 Å². The normalized spacial score (nSPS) is 17.6. The Kier molecular flexibility index (Phi) is 4.69. The van der Waals surface area contributed by atoms with E-state index in [2.05, 4.69) is 28.1 Å². The van der Waals surface area contributed by atoms with Gasteiger partial charge in [-0.25, -0.2) is 4.79 Å². The third-order valence-corrected chi connectivity index (χ3v) is 4.58. The molecule has 0 N–H and O–H groups in total. The molecule has 2 aromatic carbocycles. The molecule has 1 aliphatic heterocycles. The number of hydrogen-bond donors (Lipinski definition) is 0. The smallest absolute Gasteiger partial charge is 0.410 e. The number of amides is 1. The zero-order chi connectivity index (χ0) is 15.5. The van der Waals surface area contributed by atoms with Crippen molar-refractivity contribution in [3.8, 4) is 0 Å². The first kappa shape index (κ1) is 15.4. The summed E-state index contributed by atoms with van der Waals surface area (Å²) in [7, 11) is 0. The monoisotopic (exact) mass is 379 g/mol. The lowest BCUT2D eigenvalue weighted by molar-refractivity contribution is 0.132. The maximum absolute atomic E-state index is 12.0.